The summed E-state index contributed by atoms with van der Waals surface area (Å²) in [4.78, 5) is 25.5. The molecule has 1 aliphatic heterocycles. The summed E-state index contributed by atoms with van der Waals surface area (Å²) in [5.41, 5.74) is -0.470. The minimum absolute atomic E-state index is 0.297. The normalized spacial score (nSPS) is 19.8. The fraction of sp³-hybridized carbons (Fsp3) is 0.167. The maximum Gasteiger partial charge on any atom is 0.330 e. The van der Waals surface area contributed by atoms with E-state index in [1.165, 1.54) is 4.57 Å². The van der Waals surface area contributed by atoms with Crippen LogP contribution in [0.2, 0.25) is 0 Å². The molecule has 1 aromatic rings. The molecule has 1 N–H and O–H groups in total. The molecule has 0 saturated carbocycles. The van der Waals surface area contributed by atoms with Crippen molar-refractivity contribution in [1.29, 1.82) is 0 Å². The molecular weight excluding hydrogens is 220 g/mol. The Hall–Kier alpha value is -2.39. The lowest BCUT2D eigenvalue weighted by Crippen LogP contribution is -2.30. The Kier molecular flexibility index (Phi) is 1.90. The van der Waals surface area contributed by atoms with Crippen molar-refractivity contribution < 1.29 is 4.74 Å². The second-order valence-electron chi connectivity index (χ2n) is 3.86. The molecule has 0 radical (unpaired) electrons. The quantitative estimate of drug-likeness (QED) is 0.653. The SMILES string of the molecule is Cn1c2c(c(=O)[nH]c1=O)C1[C+]=CC=CC=C1O2. The number of hydrogen-bond donors (Lipinski definition) is 1. The van der Waals surface area contributed by atoms with E-state index < -0.39 is 11.2 Å². The van der Waals surface area contributed by atoms with Gasteiger partial charge in [0, 0.05) is 19.2 Å². The van der Waals surface area contributed by atoms with Crippen LogP contribution in [0.15, 0.2) is 39.7 Å². The number of fused-ring (bicyclic) bond motifs is 3. The van der Waals surface area contributed by atoms with Crippen LogP contribution in [0.5, 0.6) is 5.88 Å². The van der Waals surface area contributed by atoms with Crippen molar-refractivity contribution in [3.8, 4) is 5.88 Å². The molecule has 0 spiro atoms. The number of H-pyrrole nitrogens is 1. The van der Waals surface area contributed by atoms with Gasteiger partial charge in [-0.05, 0) is 0 Å². The van der Waals surface area contributed by atoms with E-state index in [2.05, 4.69) is 11.1 Å². The van der Waals surface area contributed by atoms with Gasteiger partial charge in [0.15, 0.2) is 12.0 Å². The minimum Gasteiger partial charge on any atom is -0.441 e. The lowest BCUT2D eigenvalue weighted by atomic mass is 10.0. The molecule has 2 heterocycles. The van der Waals surface area contributed by atoms with Crippen LogP contribution < -0.4 is 16.0 Å². The van der Waals surface area contributed by atoms with Gasteiger partial charge in [-0.1, -0.05) is 0 Å². The highest BCUT2D eigenvalue weighted by molar-refractivity contribution is 5.45. The number of rotatable bonds is 0. The second kappa shape index (κ2) is 3.30. The maximum absolute atomic E-state index is 11.8. The van der Waals surface area contributed by atoms with E-state index in [9.17, 15) is 9.59 Å². The monoisotopic (exact) mass is 229 g/mol. The van der Waals surface area contributed by atoms with Gasteiger partial charge in [-0.25, -0.2) is 4.79 Å². The third-order valence-corrected chi connectivity index (χ3v) is 2.82. The molecule has 0 fully saturated rings. The Labute approximate surface area is 96.4 Å². The van der Waals surface area contributed by atoms with Gasteiger partial charge in [0.1, 0.15) is 11.3 Å². The van der Waals surface area contributed by atoms with Crippen LogP contribution in [0, 0.1) is 6.08 Å². The fourth-order valence-electron chi connectivity index (χ4n) is 1.96. The summed E-state index contributed by atoms with van der Waals surface area (Å²) in [5.74, 6) is 0.568. The second-order valence-corrected chi connectivity index (χ2v) is 3.86. The van der Waals surface area contributed by atoms with Crippen LogP contribution >= 0.6 is 0 Å². The van der Waals surface area contributed by atoms with Crippen molar-refractivity contribution in [3.63, 3.8) is 0 Å². The number of nitrogens with zero attached hydrogens (tertiary/aromatic N) is 1. The smallest absolute Gasteiger partial charge is 0.330 e. The Morgan fingerprint density at radius 3 is 3.06 bits per heavy atom. The number of aromatic nitrogens is 2. The highest BCUT2D eigenvalue weighted by atomic mass is 16.5. The lowest BCUT2D eigenvalue weighted by Gasteiger charge is -2.02. The molecule has 2 aliphatic rings. The van der Waals surface area contributed by atoms with Gasteiger partial charge in [-0.3, -0.25) is 14.3 Å². The van der Waals surface area contributed by atoms with Gasteiger partial charge < -0.3 is 4.74 Å². The first kappa shape index (κ1) is 9.81. The summed E-state index contributed by atoms with van der Waals surface area (Å²) in [6.07, 6.45) is 10.2. The van der Waals surface area contributed by atoms with E-state index in [4.69, 9.17) is 4.74 Å². The molecule has 1 aliphatic carbocycles. The van der Waals surface area contributed by atoms with Gasteiger partial charge >= 0.3 is 5.69 Å². The van der Waals surface area contributed by atoms with E-state index in [0.29, 0.717) is 17.2 Å². The lowest BCUT2D eigenvalue weighted by molar-refractivity contribution is 0.400. The van der Waals surface area contributed by atoms with Gasteiger partial charge in [-0.2, -0.15) is 0 Å². The van der Waals surface area contributed by atoms with Crippen molar-refractivity contribution in [2.75, 3.05) is 0 Å². The van der Waals surface area contributed by atoms with Crippen LogP contribution in [0.25, 0.3) is 0 Å². The average Bonchev–Trinajstić information content (AvgIpc) is 2.51. The van der Waals surface area contributed by atoms with Crippen LogP contribution in [-0.2, 0) is 7.05 Å². The number of hydrogen-bond acceptors (Lipinski definition) is 3. The standard InChI is InChI=1S/C12H8N2O3/c1-14-11-9(10(15)13-12(14)16)7-5-3-2-4-6-8(7)17-11/h2-4,6-7H,1H3/p+1. The predicted octanol–water partition coefficient (Wildman–Crippen LogP) is 0.363. The van der Waals surface area contributed by atoms with E-state index >= 15 is 0 Å². The van der Waals surface area contributed by atoms with Gasteiger partial charge in [0.05, 0.1) is 12.2 Å². The van der Waals surface area contributed by atoms with Crippen molar-refractivity contribution in [3.05, 3.63) is 62.5 Å². The largest absolute Gasteiger partial charge is 0.441 e. The molecule has 84 valence electrons. The molecule has 0 bridgehead atoms. The number of allylic oxidation sites excluding steroid dienone is 5. The molecule has 5 nitrogen and oxygen atoms in total. The van der Waals surface area contributed by atoms with Crippen molar-refractivity contribution in [2.24, 2.45) is 7.05 Å². The first-order chi connectivity index (χ1) is 8.18. The zero-order chi connectivity index (χ0) is 12.0. The Bertz CT molecular complexity index is 689. The van der Waals surface area contributed by atoms with E-state index in [0.717, 1.165) is 0 Å². The molecular formula is C12H9N2O3+. The number of aromatic amines is 1. The zero-order valence-electron chi connectivity index (χ0n) is 9.06. The summed E-state index contributed by atoms with van der Waals surface area (Å²) in [6, 6.07) is 0. The van der Waals surface area contributed by atoms with Gasteiger partial charge in [0.25, 0.3) is 5.56 Å². The summed E-state index contributed by atoms with van der Waals surface area (Å²) in [6.45, 7) is 0. The van der Waals surface area contributed by atoms with Crippen molar-refractivity contribution in [1.82, 2.24) is 9.55 Å². The average molecular weight is 229 g/mol. The maximum atomic E-state index is 11.8. The Morgan fingerprint density at radius 1 is 1.41 bits per heavy atom. The summed E-state index contributed by atoms with van der Waals surface area (Å²) < 4.78 is 6.84. The molecule has 5 heteroatoms. The van der Waals surface area contributed by atoms with Crippen molar-refractivity contribution in [2.45, 2.75) is 5.92 Å². The van der Waals surface area contributed by atoms with E-state index in [1.807, 2.05) is 6.08 Å². The number of nitrogens with one attached hydrogen (secondary N) is 1. The highest BCUT2D eigenvalue weighted by Gasteiger charge is 2.38. The molecule has 3 rings (SSSR count). The topological polar surface area (TPSA) is 64.1 Å². The Balaban J connectivity index is 2.33. The fourth-order valence-corrected chi connectivity index (χ4v) is 1.96. The van der Waals surface area contributed by atoms with Gasteiger partial charge in [-0.15, -0.1) is 0 Å². The zero-order valence-corrected chi connectivity index (χ0v) is 9.06. The minimum atomic E-state index is -0.481. The van der Waals surface area contributed by atoms with Crippen LogP contribution in [0.1, 0.15) is 11.5 Å². The third kappa shape index (κ3) is 1.30. The molecule has 0 saturated heterocycles. The van der Waals surface area contributed by atoms with Crippen LogP contribution in [-0.4, -0.2) is 9.55 Å². The first-order valence-corrected chi connectivity index (χ1v) is 5.15. The van der Waals surface area contributed by atoms with Crippen LogP contribution in [0.4, 0.5) is 0 Å². The molecule has 1 unspecified atom stereocenters. The third-order valence-electron chi connectivity index (χ3n) is 2.82. The first-order valence-electron chi connectivity index (χ1n) is 5.15. The highest BCUT2D eigenvalue weighted by Crippen LogP contribution is 2.38. The van der Waals surface area contributed by atoms with Crippen LogP contribution in [0.3, 0.4) is 0 Å². The Morgan fingerprint density at radius 2 is 2.24 bits per heavy atom. The molecule has 1 aromatic heterocycles. The number of ether oxygens (including phenoxy) is 1. The summed E-state index contributed by atoms with van der Waals surface area (Å²) in [5, 5.41) is 0. The van der Waals surface area contributed by atoms with E-state index in [1.54, 1.807) is 25.3 Å². The van der Waals surface area contributed by atoms with E-state index in [-0.39, 0.29) is 5.92 Å². The summed E-state index contributed by atoms with van der Waals surface area (Å²) in [7, 11) is 1.56. The molecule has 17 heavy (non-hydrogen) atoms. The van der Waals surface area contributed by atoms with Gasteiger partial charge in [0.2, 0.25) is 5.88 Å². The predicted molar refractivity (Wildman–Crippen MR) is 60.7 cm³/mol. The van der Waals surface area contributed by atoms with Crippen molar-refractivity contribution >= 4 is 0 Å². The molecule has 0 aromatic carbocycles. The summed E-state index contributed by atoms with van der Waals surface area (Å²) >= 11 is 0. The molecule has 1 atom stereocenters. The molecule has 0 amide bonds.